The first-order valence-electron chi connectivity index (χ1n) is 8.89. The zero-order valence-corrected chi connectivity index (χ0v) is 18.8. The average Bonchev–Trinajstić information content (AvgIpc) is 3.23. The van der Waals surface area contributed by atoms with E-state index in [1.165, 1.54) is 37.0 Å². The maximum atomic E-state index is 13.1. The highest BCUT2D eigenvalue weighted by atomic mass is 32.2. The highest BCUT2D eigenvalue weighted by Crippen LogP contribution is 2.28. The third-order valence-corrected chi connectivity index (χ3v) is 7.40. The minimum Gasteiger partial charge on any atom is -0.298 e. The standard InChI is InChI=1S/C19H21N5O4S2/c1-11-6-8-14(9-7-11)30(27,28)24(5)18-15(10-20-23(18)4)17(26)22-19-21-12(2)16(29-19)13(3)25/h6-10H,1-5H3,(H,21,22,26). The lowest BCUT2D eigenvalue weighted by Gasteiger charge is -2.20. The predicted molar refractivity (Wildman–Crippen MR) is 115 cm³/mol. The molecule has 0 fully saturated rings. The van der Waals surface area contributed by atoms with Gasteiger partial charge < -0.3 is 0 Å². The summed E-state index contributed by atoms with van der Waals surface area (Å²) in [6.07, 6.45) is 1.29. The number of benzene rings is 1. The number of nitrogens with one attached hydrogen (secondary N) is 1. The minimum atomic E-state index is -3.91. The van der Waals surface area contributed by atoms with E-state index in [1.807, 2.05) is 6.92 Å². The molecule has 3 aromatic rings. The topological polar surface area (TPSA) is 114 Å². The van der Waals surface area contributed by atoms with Gasteiger partial charge in [-0.15, -0.1) is 0 Å². The quantitative estimate of drug-likeness (QED) is 0.581. The SMILES string of the molecule is CC(=O)c1sc(NC(=O)c2cnn(C)c2N(C)S(=O)(=O)c2ccc(C)cc2)nc1C. The summed E-state index contributed by atoms with van der Waals surface area (Å²) < 4.78 is 28.4. The molecule has 0 radical (unpaired) electrons. The van der Waals surface area contributed by atoms with E-state index in [1.54, 1.807) is 26.1 Å². The molecule has 0 aliphatic heterocycles. The number of carbonyl (C=O) groups is 2. The summed E-state index contributed by atoms with van der Waals surface area (Å²) in [7, 11) is -0.993. The van der Waals surface area contributed by atoms with Crippen molar-refractivity contribution in [2.45, 2.75) is 25.7 Å². The van der Waals surface area contributed by atoms with Gasteiger partial charge in [-0.05, 0) is 26.0 Å². The Kier molecular flexibility index (Phi) is 5.77. The molecule has 11 heteroatoms. The molecule has 0 aliphatic rings. The minimum absolute atomic E-state index is 0.0629. The molecule has 0 aliphatic carbocycles. The summed E-state index contributed by atoms with van der Waals surface area (Å²) in [4.78, 5) is 29.2. The Labute approximate surface area is 178 Å². The van der Waals surface area contributed by atoms with Crippen molar-refractivity contribution < 1.29 is 18.0 Å². The van der Waals surface area contributed by atoms with Crippen LogP contribution in [-0.4, -0.2) is 41.9 Å². The number of amides is 1. The fourth-order valence-electron chi connectivity index (χ4n) is 2.89. The number of Topliss-reactive ketones (excluding diaryl/α,β-unsaturated/α-hetero) is 1. The van der Waals surface area contributed by atoms with Gasteiger partial charge in [0.1, 0.15) is 5.56 Å². The van der Waals surface area contributed by atoms with E-state index >= 15 is 0 Å². The Hall–Kier alpha value is -3.05. The highest BCUT2D eigenvalue weighted by molar-refractivity contribution is 7.92. The van der Waals surface area contributed by atoms with E-state index in [9.17, 15) is 18.0 Å². The second-order valence-electron chi connectivity index (χ2n) is 6.73. The first-order valence-corrected chi connectivity index (χ1v) is 11.2. The number of hydrogen-bond acceptors (Lipinski definition) is 7. The molecular formula is C19H21N5O4S2. The molecule has 9 nitrogen and oxygen atoms in total. The molecule has 0 spiro atoms. The number of anilines is 2. The number of rotatable bonds is 6. The molecule has 1 N–H and O–H groups in total. The van der Waals surface area contributed by atoms with Gasteiger partial charge in [0.15, 0.2) is 16.7 Å². The van der Waals surface area contributed by atoms with Crippen molar-refractivity contribution in [1.29, 1.82) is 0 Å². The molecule has 0 atom stereocenters. The fourth-order valence-corrected chi connectivity index (χ4v) is 4.99. The summed E-state index contributed by atoms with van der Waals surface area (Å²) in [5.41, 5.74) is 1.52. The van der Waals surface area contributed by atoms with E-state index in [4.69, 9.17) is 0 Å². The van der Waals surface area contributed by atoms with E-state index in [0.29, 0.717) is 10.6 Å². The van der Waals surface area contributed by atoms with E-state index in [2.05, 4.69) is 15.4 Å². The van der Waals surface area contributed by atoms with Crippen LogP contribution in [0.4, 0.5) is 10.9 Å². The van der Waals surface area contributed by atoms with E-state index in [0.717, 1.165) is 21.2 Å². The number of sulfonamides is 1. The molecule has 1 aromatic carbocycles. The zero-order chi connectivity index (χ0) is 22.2. The number of thiazole rings is 1. The van der Waals surface area contributed by atoms with Gasteiger partial charge in [-0.3, -0.25) is 23.9 Å². The van der Waals surface area contributed by atoms with Crippen molar-refractivity contribution >= 4 is 44.0 Å². The van der Waals surface area contributed by atoms with Crippen molar-refractivity contribution in [3.63, 3.8) is 0 Å². The summed E-state index contributed by atoms with van der Waals surface area (Å²) in [6, 6.07) is 6.43. The lowest BCUT2D eigenvalue weighted by molar-refractivity contribution is 0.101. The molecular weight excluding hydrogens is 426 g/mol. The van der Waals surface area contributed by atoms with Crippen molar-refractivity contribution in [2.75, 3.05) is 16.7 Å². The maximum Gasteiger partial charge on any atom is 0.265 e. The van der Waals surface area contributed by atoms with Crippen LogP contribution in [0.5, 0.6) is 0 Å². The van der Waals surface area contributed by atoms with E-state index in [-0.39, 0.29) is 27.2 Å². The molecule has 0 saturated carbocycles. The molecule has 1 amide bonds. The predicted octanol–water partition coefficient (Wildman–Crippen LogP) is 2.77. The van der Waals surface area contributed by atoms with Crippen LogP contribution < -0.4 is 9.62 Å². The molecule has 2 heterocycles. The number of carbonyl (C=O) groups excluding carboxylic acids is 2. The third kappa shape index (κ3) is 3.98. The summed E-state index contributed by atoms with van der Waals surface area (Å²) >= 11 is 1.06. The van der Waals surface area contributed by atoms with Gasteiger partial charge in [-0.25, -0.2) is 13.4 Å². The largest absolute Gasteiger partial charge is 0.298 e. The third-order valence-electron chi connectivity index (χ3n) is 4.47. The first-order chi connectivity index (χ1) is 14.0. The molecule has 0 saturated heterocycles. The second-order valence-corrected chi connectivity index (χ2v) is 9.70. The Morgan fingerprint density at radius 3 is 2.37 bits per heavy atom. The molecule has 30 heavy (non-hydrogen) atoms. The number of ketones is 1. The van der Waals surface area contributed by atoms with Crippen molar-refractivity contribution in [1.82, 2.24) is 14.8 Å². The van der Waals surface area contributed by atoms with Crippen LogP contribution in [0.2, 0.25) is 0 Å². The Morgan fingerprint density at radius 1 is 1.17 bits per heavy atom. The number of nitrogens with zero attached hydrogens (tertiary/aromatic N) is 4. The summed E-state index contributed by atoms with van der Waals surface area (Å²) in [5, 5.41) is 6.93. The average molecular weight is 448 g/mol. The lowest BCUT2D eigenvalue weighted by Crippen LogP contribution is -2.30. The van der Waals surface area contributed by atoms with Crippen molar-refractivity contribution in [3.8, 4) is 0 Å². The Balaban J connectivity index is 1.94. The monoisotopic (exact) mass is 447 g/mol. The van der Waals surface area contributed by atoms with Gasteiger partial charge in [0.2, 0.25) is 0 Å². The normalized spacial score (nSPS) is 11.4. The van der Waals surface area contributed by atoms with Crippen LogP contribution in [0.25, 0.3) is 0 Å². The molecule has 3 rings (SSSR count). The van der Waals surface area contributed by atoms with Gasteiger partial charge in [-0.1, -0.05) is 29.0 Å². The van der Waals surface area contributed by atoms with Crippen LogP contribution in [-0.2, 0) is 17.1 Å². The lowest BCUT2D eigenvalue weighted by atomic mass is 10.2. The van der Waals surface area contributed by atoms with Gasteiger partial charge in [0.25, 0.3) is 15.9 Å². The van der Waals surface area contributed by atoms with Crippen molar-refractivity contribution in [2.24, 2.45) is 7.05 Å². The summed E-state index contributed by atoms with van der Waals surface area (Å²) in [6.45, 7) is 4.97. The summed E-state index contributed by atoms with van der Waals surface area (Å²) in [5.74, 6) is -0.613. The van der Waals surface area contributed by atoms with Crippen LogP contribution in [0, 0.1) is 13.8 Å². The van der Waals surface area contributed by atoms with Gasteiger partial charge in [0.05, 0.1) is 21.7 Å². The van der Waals surface area contributed by atoms with Gasteiger partial charge >= 0.3 is 0 Å². The van der Waals surface area contributed by atoms with Crippen LogP contribution in [0.3, 0.4) is 0 Å². The Morgan fingerprint density at radius 2 is 1.80 bits per heavy atom. The van der Waals surface area contributed by atoms with Crippen LogP contribution >= 0.6 is 11.3 Å². The zero-order valence-electron chi connectivity index (χ0n) is 17.1. The molecule has 0 unspecified atom stereocenters. The fraction of sp³-hybridized carbons (Fsp3) is 0.263. The molecule has 158 valence electrons. The molecule has 0 bridgehead atoms. The van der Waals surface area contributed by atoms with Crippen LogP contribution in [0.1, 0.15) is 38.2 Å². The highest BCUT2D eigenvalue weighted by Gasteiger charge is 2.29. The molecule has 2 aromatic heterocycles. The first kappa shape index (κ1) is 21.7. The Bertz CT molecular complexity index is 1230. The number of aryl methyl sites for hydroxylation is 3. The maximum absolute atomic E-state index is 13.1. The second kappa shape index (κ2) is 8.00. The van der Waals surface area contributed by atoms with Gasteiger partial charge in [-0.2, -0.15) is 5.10 Å². The number of hydrogen-bond donors (Lipinski definition) is 1. The van der Waals surface area contributed by atoms with Crippen molar-refractivity contribution in [3.05, 3.63) is 52.2 Å². The number of aromatic nitrogens is 3. The van der Waals surface area contributed by atoms with Gasteiger partial charge in [0, 0.05) is 21.0 Å². The van der Waals surface area contributed by atoms with E-state index < -0.39 is 15.9 Å². The van der Waals surface area contributed by atoms with Crippen LogP contribution in [0.15, 0.2) is 35.4 Å². The smallest absolute Gasteiger partial charge is 0.265 e.